The number of nitrogens with one attached hydrogen (secondary N) is 1. The Morgan fingerprint density at radius 3 is 2.36 bits per heavy atom. The monoisotopic (exact) mass is 380 g/mol. The van der Waals surface area contributed by atoms with Crippen molar-refractivity contribution in [2.45, 2.75) is 18.6 Å². The quantitative estimate of drug-likeness (QED) is 0.836. The summed E-state index contributed by atoms with van der Waals surface area (Å²) >= 11 is 5.81. The maximum absolute atomic E-state index is 12.8. The predicted molar refractivity (Wildman–Crippen MR) is 85.5 cm³/mol. The standard InChI is InChI=1S/C13H16ClF3N2O.2ClH/c14-10-3-1-2-9(12(10)20)11(8-13(15,16)17)19-6-4-18-5-7-19;;/h1-3,11,18,20H,4-8H2;2*1H/t11-;;/m0../s1. The van der Waals surface area contributed by atoms with E-state index < -0.39 is 18.6 Å². The van der Waals surface area contributed by atoms with Crippen LogP contribution in [0.3, 0.4) is 0 Å². The van der Waals surface area contributed by atoms with Crippen LogP contribution in [0.1, 0.15) is 18.0 Å². The minimum Gasteiger partial charge on any atom is -0.506 e. The molecular formula is C13H18Cl3F3N2O. The summed E-state index contributed by atoms with van der Waals surface area (Å²) in [6, 6.07) is 3.61. The van der Waals surface area contributed by atoms with E-state index in [2.05, 4.69) is 5.32 Å². The first-order valence-electron chi connectivity index (χ1n) is 6.37. The Bertz CT molecular complexity index is 468. The Balaban J connectivity index is 0.00000220. The average molecular weight is 382 g/mol. The van der Waals surface area contributed by atoms with Gasteiger partial charge in [-0.2, -0.15) is 13.2 Å². The van der Waals surface area contributed by atoms with Crippen LogP contribution in [0.2, 0.25) is 5.02 Å². The molecule has 0 bridgehead atoms. The molecule has 0 spiro atoms. The molecule has 1 saturated heterocycles. The Kier molecular flexibility index (Phi) is 8.87. The molecule has 1 aromatic rings. The Labute approximate surface area is 144 Å². The number of halogens is 6. The van der Waals surface area contributed by atoms with Crippen LogP contribution in [0.15, 0.2) is 18.2 Å². The van der Waals surface area contributed by atoms with Gasteiger partial charge >= 0.3 is 6.18 Å². The van der Waals surface area contributed by atoms with E-state index in [-0.39, 0.29) is 41.1 Å². The number of benzene rings is 1. The molecule has 1 aliphatic rings. The van der Waals surface area contributed by atoms with Crippen molar-refractivity contribution in [1.82, 2.24) is 10.2 Å². The van der Waals surface area contributed by atoms with Crippen LogP contribution in [0.5, 0.6) is 5.75 Å². The molecule has 0 aliphatic carbocycles. The third kappa shape index (κ3) is 5.66. The van der Waals surface area contributed by atoms with Gasteiger partial charge in [0.05, 0.1) is 11.4 Å². The highest BCUT2D eigenvalue weighted by Gasteiger charge is 2.37. The summed E-state index contributed by atoms with van der Waals surface area (Å²) in [7, 11) is 0. The molecule has 0 radical (unpaired) electrons. The fourth-order valence-electron chi connectivity index (χ4n) is 2.45. The first kappa shape index (κ1) is 21.6. The number of alkyl halides is 3. The van der Waals surface area contributed by atoms with Gasteiger partial charge in [-0.1, -0.05) is 23.7 Å². The number of hydrogen-bond donors (Lipinski definition) is 2. The van der Waals surface area contributed by atoms with Crippen LogP contribution in [0.4, 0.5) is 13.2 Å². The lowest BCUT2D eigenvalue weighted by Gasteiger charge is -2.36. The third-order valence-corrected chi connectivity index (χ3v) is 3.70. The zero-order valence-corrected chi connectivity index (χ0v) is 14.0. The van der Waals surface area contributed by atoms with E-state index in [1.54, 1.807) is 11.0 Å². The molecule has 2 rings (SSSR count). The minimum atomic E-state index is -4.30. The third-order valence-electron chi connectivity index (χ3n) is 3.39. The number of rotatable bonds is 3. The van der Waals surface area contributed by atoms with Gasteiger partial charge in [0, 0.05) is 37.8 Å². The largest absolute Gasteiger partial charge is 0.506 e. The van der Waals surface area contributed by atoms with E-state index in [0.29, 0.717) is 26.2 Å². The molecule has 1 fully saturated rings. The van der Waals surface area contributed by atoms with Crippen molar-refractivity contribution < 1.29 is 18.3 Å². The molecule has 1 heterocycles. The highest BCUT2D eigenvalue weighted by Crippen LogP contribution is 2.40. The zero-order chi connectivity index (χ0) is 14.8. The van der Waals surface area contributed by atoms with Gasteiger partial charge < -0.3 is 10.4 Å². The Morgan fingerprint density at radius 1 is 1.23 bits per heavy atom. The van der Waals surface area contributed by atoms with Crippen molar-refractivity contribution in [2.24, 2.45) is 0 Å². The lowest BCUT2D eigenvalue weighted by atomic mass is 9.99. The number of aromatic hydroxyl groups is 1. The lowest BCUT2D eigenvalue weighted by Crippen LogP contribution is -2.46. The first-order valence-corrected chi connectivity index (χ1v) is 6.75. The molecule has 0 amide bonds. The van der Waals surface area contributed by atoms with Gasteiger partial charge in [-0.25, -0.2) is 0 Å². The number of para-hydroxylation sites is 1. The summed E-state index contributed by atoms with van der Waals surface area (Å²) in [6.07, 6.45) is -5.30. The number of hydrogen-bond acceptors (Lipinski definition) is 3. The summed E-state index contributed by atoms with van der Waals surface area (Å²) in [5.74, 6) is -0.262. The van der Waals surface area contributed by atoms with Gasteiger partial charge in [0.1, 0.15) is 5.75 Å². The molecule has 3 nitrogen and oxygen atoms in total. The van der Waals surface area contributed by atoms with Gasteiger partial charge in [0.2, 0.25) is 0 Å². The molecule has 0 saturated carbocycles. The van der Waals surface area contributed by atoms with E-state index >= 15 is 0 Å². The average Bonchev–Trinajstić information content (AvgIpc) is 2.40. The topological polar surface area (TPSA) is 35.5 Å². The summed E-state index contributed by atoms with van der Waals surface area (Å²) in [4.78, 5) is 1.73. The van der Waals surface area contributed by atoms with E-state index in [9.17, 15) is 18.3 Å². The molecule has 1 aromatic carbocycles. The molecule has 0 unspecified atom stereocenters. The molecule has 2 N–H and O–H groups in total. The maximum atomic E-state index is 12.8. The fourth-order valence-corrected chi connectivity index (χ4v) is 2.63. The summed E-state index contributed by atoms with van der Waals surface area (Å²) in [5.41, 5.74) is 0.233. The van der Waals surface area contributed by atoms with E-state index in [4.69, 9.17) is 11.6 Å². The second-order valence-corrected chi connectivity index (χ2v) is 5.21. The number of phenols is 1. The van der Waals surface area contributed by atoms with Gasteiger partial charge in [-0.3, -0.25) is 4.90 Å². The number of phenolic OH excluding ortho intramolecular Hbond substituents is 1. The van der Waals surface area contributed by atoms with Gasteiger partial charge in [-0.15, -0.1) is 24.8 Å². The predicted octanol–water partition coefficient (Wildman–Crippen LogP) is 3.79. The van der Waals surface area contributed by atoms with Crippen LogP contribution in [-0.4, -0.2) is 42.4 Å². The maximum Gasteiger partial charge on any atom is 0.390 e. The smallest absolute Gasteiger partial charge is 0.390 e. The van der Waals surface area contributed by atoms with Crippen LogP contribution < -0.4 is 5.32 Å². The van der Waals surface area contributed by atoms with Gasteiger partial charge in [0.15, 0.2) is 0 Å². The highest BCUT2D eigenvalue weighted by atomic mass is 35.5. The lowest BCUT2D eigenvalue weighted by molar-refractivity contribution is -0.148. The molecule has 22 heavy (non-hydrogen) atoms. The molecule has 1 aliphatic heterocycles. The summed E-state index contributed by atoms with van der Waals surface area (Å²) in [6.45, 7) is 2.28. The normalized spacial score (nSPS) is 17.3. The van der Waals surface area contributed by atoms with Crippen molar-refractivity contribution in [3.63, 3.8) is 0 Å². The van der Waals surface area contributed by atoms with Crippen LogP contribution in [0.25, 0.3) is 0 Å². The van der Waals surface area contributed by atoms with Crippen molar-refractivity contribution in [3.05, 3.63) is 28.8 Å². The van der Waals surface area contributed by atoms with Gasteiger partial charge in [-0.05, 0) is 6.07 Å². The van der Waals surface area contributed by atoms with Crippen molar-refractivity contribution in [3.8, 4) is 5.75 Å². The Hall–Kier alpha value is -0.400. The van der Waals surface area contributed by atoms with Crippen molar-refractivity contribution >= 4 is 36.4 Å². The number of nitrogens with zero attached hydrogens (tertiary/aromatic N) is 1. The SMILES string of the molecule is Cl.Cl.Oc1c(Cl)cccc1[C@H](CC(F)(F)F)N1CCNCC1. The Morgan fingerprint density at radius 2 is 1.82 bits per heavy atom. The number of piperazine rings is 1. The van der Waals surface area contributed by atoms with E-state index in [0.717, 1.165) is 0 Å². The van der Waals surface area contributed by atoms with Crippen molar-refractivity contribution in [1.29, 1.82) is 0 Å². The van der Waals surface area contributed by atoms with Crippen LogP contribution >= 0.6 is 36.4 Å². The molecule has 0 aromatic heterocycles. The zero-order valence-electron chi connectivity index (χ0n) is 11.6. The van der Waals surface area contributed by atoms with Crippen LogP contribution in [0, 0.1) is 0 Å². The van der Waals surface area contributed by atoms with E-state index in [1.807, 2.05) is 0 Å². The molecule has 1 atom stereocenters. The highest BCUT2D eigenvalue weighted by molar-refractivity contribution is 6.32. The minimum absolute atomic E-state index is 0. The van der Waals surface area contributed by atoms with E-state index in [1.165, 1.54) is 12.1 Å². The molecule has 128 valence electrons. The summed E-state index contributed by atoms with van der Waals surface area (Å²) in [5, 5.41) is 13.1. The van der Waals surface area contributed by atoms with Gasteiger partial charge in [0.25, 0.3) is 0 Å². The fraction of sp³-hybridized carbons (Fsp3) is 0.538. The summed E-state index contributed by atoms with van der Waals surface area (Å²) < 4.78 is 38.5. The second kappa shape index (κ2) is 9.03. The van der Waals surface area contributed by atoms with Crippen molar-refractivity contribution in [2.75, 3.05) is 26.2 Å². The first-order chi connectivity index (χ1) is 9.38. The molecule has 9 heteroatoms. The second-order valence-electron chi connectivity index (χ2n) is 4.80. The van der Waals surface area contributed by atoms with Crippen LogP contribution in [-0.2, 0) is 0 Å². The molecular weight excluding hydrogens is 364 g/mol.